The van der Waals surface area contributed by atoms with Gasteiger partial charge in [0.05, 0.1) is 27.8 Å². The number of rotatable bonds is 4. The zero-order valence-corrected chi connectivity index (χ0v) is 23.5. The first-order valence-corrected chi connectivity index (χ1v) is 14.6. The van der Waals surface area contributed by atoms with Crippen molar-refractivity contribution >= 4 is 43.7 Å². The van der Waals surface area contributed by atoms with Crippen molar-refractivity contribution in [3.63, 3.8) is 0 Å². The van der Waals surface area contributed by atoms with Gasteiger partial charge < -0.3 is 10.1 Å². The Kier molecular flexibility index (Phi) is 5.25. The van der Waals surface area contributed by atoms with Crippen molar-refractivity contribution in [1.82, 2.24) is 24.3 Å². The summed E-state index contributed by atoms with van der Waals surface area (Å²) in [5, 5.41) is 19.6. The van der Waals surface area contributed by atoms with Crippen LogP contribution in [0.4, 0.5) is 0 Å². The van der Waals surface area contributed by atoms with Crippen LogP contribution in [0.5, 0.6) is 5.75 Å². The molecular weight excluding hydrogens is 542 g/mol. The van der Waals surface area contributed by atoms with Gasteiger partial charge in [0.2, 0.25) is 0 Å². The van der Waals surface area contributed by atoms with E-state index in [1.165, 1.54) is 10.8 Å². The van der Waals surface area contributed by atoms with Crippen LogP contribution in [0.3, 0.4) is 0 Å². The van der Waals surface area contributed by atoms with Crippen molar-refractivity contribution < 1.29 is 5.11 Å². The van der Waals surface area contributed by atoms with Gasteiger partial charge in [-0.2, -0.15) is 5.10 Å². The van der Waals surface area contributed by atoms with Gasteiger partial charge in [0, 0.05) is 32.9 Å². The van der Waals surface area contributed by atoms with Gasteiger partial charge in [-0.05, 0) is 48.5 Å². The Morgan fingerprint density at radius 2 is 1.25 bits per heavy atom. The number of hydrogen-bond donors (Lipinski definition) is 2. The van der Waals surface area contributed by atoms with E-state index < -0.39 is 0 Å². The maximum atomic E-state index is 10.9. The summed E-state index contributed by atoms with van der Waals surface area (Å²) in [7, 11) is 0. The smallest absolute Gasteiger partial charge is 0.149 e. The van der Waals surface area contributed by atoms with E-state index in [1.54, 1.807) is 6.07 Å². The predicted octanol–water partition coefficient (Wildman–Crippen LogP) is 9.04. The summed E-state index contributed by atoms with van der Waals surface area (Å²) in [6.07, 6.45) is 0. The molecule has 0 fully saturated rings. The van der Waals surface area contributed by atoms with Crippen molar-refractivity contribution in [2.45, 2.75) is 0 Å². The van der Waals surface area contributed by atoms with Crippen LogP contribution in [0.2, 0.25) is 0 Å². The van der Waals surface area contributed by atoms with Crippen molar-refractivity contribution in [1.29, 1.82) is 0 Å². The van der Waals surface area contributed by atoms with Crippen LogP contribution in [-0.2, 0) is 0 Å². The number of aromatic nitrogens is 5. The van der Waals surface area contributed by atoms with Crippen LogP contribution in [0.25, 0.3) is 77.8 Å². The average Bonchev–Trinajstić information content (AvgIpc) is 3.77. The standard InChI is InChI=1S/C38H25N5O/c44-34-23-9-6-16-28(34)38-40-37-32(42(38)24-12-2-1-3-13-24)21-11-22-33(37)43-31-20-8-5-15-27(31)36(41-43)29-18-10-17-26-25-14-4-7-19-30(25)39-35(26)29/h1-23,39,44H. The van der Waals surface area contributed by atoms with Gasteiger partial charge in [-0.25, -0.2) is 9.67 Å². The fourth-order valence-corrected chi connectivity index (χ4v) is 6.46. The van der Waals surface area contributed by atoms with Gasteiger partial charge in [0.15, 0.2) is 0 Å². The summed E-state index contributed by atoms with van der Waals surface area (Å²) in [6, 6.07) is 46.8. The number of benzene rings is 6. The zero-order chi connectivity index (χ0) is 29.2. The molecule has 0 saturated carbocycles. The van der Waals surface area contributed by atoms with Crippen molar-refractivity contribution in [3.8, 4) is 39.8 Å². The zero-order valence-electron chi connectivity index (χ0n) is 23.5. The molecule has 208 valence electrons. The molecule has 3 aromatic heterocycles. The highest BCUT2D eigenvalue weighted by molar-refractivity contribution is 6.13. The number of fused-ring (bicyclic) bond motifs is 5. The molecule has 44 heavy (non-hydrogen) atoms. The largest absolute Gasteiger partial charge is 0.507 e. The highest BCUT2D eigenvalue weighted by atomic mass is 16.3. The number of hydrogen-bond acceptors (Lipinski definition) is 3. The topological polar surface area (TPSA) is 71.7 Å². The highest BCUT2D eigenvalue weighted by Crippen LogP contribution is 2.39. The Morgan fingerprint density at radius 1 is 0.568 bits per heavy atom. The fourth-order valence-electron chi connectivity index (χ4n) is 6.46. The second-order valence-electron chi connectivity index (χ2n) is 10.9. The normalized spacial score (nSPS) is 11.7. The van der Waals surface area contributed by atoms with E-state index in [4.69, 9.17) is 10.1 Å². The van der Waals surface area contributed by atoms with Crippen LogP contribution in [-0.4, -0.2) is 29.4 Å². The number of imidazole rings is 1. The number of aromatic amines is 1. The molecule has 9 aromatic rings. The first-order valence-electron chi connectivity index (χ1n) is 14.6. The minimum absolute atomic E-state index is 0.180. The number of phenols is 1. The van der Waals surface area contributed by atoms with E-state index in [0.717, 1.165) is 55.6 Å². The summed E-state index contributed by atoms with van der Waals surface area (Å²) < 4.78 is 4.11. The second kappa shape index (κ2) is 9.44. The van der Waals surface area contributed by atoms with Gasteiger partial charge in [-0.15, -0.1) is 0 Å². The Bertz CT molecular complexity index is 2520. The number of aromatic hydroxyl groups is 1. The highest BCUT2D eigenvalue weighted by Gasteiger charge is 2.22. The summed E-state index contributed by atoms with van der Waals surface area (Å²) >= 11 is 0. The molecule has 0 amide bonds. The molecule has 0 aliphatic carbocycles. The van der Waals surface area contributed by atoms with Crippen LogP contribution in [0.1, 0.15) is 0 Å². The van der Waals surface area contributed by atoms with Gasteiger partial charge in [0.25, 0.3) is 0 Å². The second-order valence-corrected chi connectivity index (χ2v) is 10.9. The maximum absolute atomic E-state index is 10.9. The molecule has 0 radical (unpaired) electrons. The third kappa shape index (κ3) is 3.55. The SMILES string of the molecule is Oc1ccccc1-c1nc2c(-n3nc(-c4cccc5c4[nH]c4ccccc45)c4ccccc43)cccc2n1-c1ccccc1. The molecule has 0 saturated heterocycles. The molecular formula is C38H25N5O. The van der Waals surface area contributed by atoms with Gasteiger partial charge in [-0.3, -0.25) is 4.57 Å². The summed E-state index contributed by atoms with van der Waals surface area (Å²) in [4.78, 5) is 8.85. The van der Waals surface area contributed by atoms with Gasteiger partial charge >= 0.3 is 0 Å². The molecule has 0 spiro atoms. The molecule has 0 aliphatic heterocycles. The maximum Gasteiger partial charge on any atom is 0.149 e. The molecule has 9 rings (SSSR count). The first-order chi connectivity index (χ1) is 21.8. The number of nitrogens with one attached hydrogen (secondary N) is 1. The van der Waals surface area contributed by atoms with Crippen LogP contribution >= 0.6 is 0 Å². The lowest BCUT2D eigenvalue weighted by atomic mass is 10.0. The molecule has 0 atom stereocenters. The molecule has 3 heterocycles. The molecule has 0 unspecified atom stereocenters. The third-order valence-electron chi connectivity index (χ3n) is 8.44. The number of nitrogens with zero attached hydrogens (tertiary/aromatic N) is 4. The number of phenolic OH excluding ortho intramolecular Hbond substituents is 1. The average molecular weight is 568 g/mol. The Balaban J connectivity index is 1.34. The number of para-hydroxylation sites is 6. The molecule has 6 aromatic carbocycles. The lowest BCUT2D eigenvalue weighted by Crippen LogP contribution is -1.99. The van der Waals surface area contributed by atoms with Crippen LogP contribution in [0.15, 0.2) is 140 Å². The summed E-state index contributed by atoms with van der Waals surface area (Å²) in [5.74, 6) is 0.844. The summed E-state index contributed by atoms with van der Waals surface area (Å²) in [5.41, 5.74) is 9.30. The lowest BCUT2D eigenvalue weighted by Gasteiger charge is -2.10. The quantitative estimate of drug-likeness (QED) is 0.223. The summed E-state index contributed by atoms with van der Waals surface area (Å²) in [6.45, 7) is 0. The van der Waals surface area contributed by atoms with E-state index in [0.29, 0.717) is 11.4 Å². The van der Waals surface area contributed by atoms with Crippen LogP contribution in [0, 0.1) is 0 Å². The van der Waals surface area contributed by atoms with E-state index in [-0.39, 0.29) is 5.75 Å². The molecule has 0 bridgehead atoms. The fraction of sp³-hybridized carbons (Fsp3) is 0. The first kappa shape index (κ1) is 24.5. The Labute approximate surface area is 252 Å². The van der Waals surface area contributed by atoms with Crippen molar-refractivity contribution in [2.24, 2.45) is 0 Å². The minimum Gasteiger partial charge on any atom is -0.507 e. The monoisotopic (exact) mass is 567 g/mol. The Morgan fingerprint density at radius 3 is 2.14 bits per heavy atom. The van der Waals surface area contributed by atoms with E-state index in [1.807, 2.05) is 53.2 Å². The third-order valence-corrected chi connectivity index (χ3v) is 8.44. The van der Waals surface area contributed by atoms with Gasteiger partial charge in [0.1, 0.15) is 22.8 Å². The van der Waals surface area contributed by atoms with Crippen molar-refractivity contribution in [3.05, 3.63) is 140 Å². The van der Waals surface area contributed by atoms with Crippen LogP contribution < -0.4 is 0 Å². The Hall–Kier alpha value is -6.14. The van der Waals surface area contributed by atoms with Crippen molar-refractivity contribution in [2.75, 3.05) is 0 Å². The van der Waals surface area contributed by atoms with E-state index in [2.05, 4.69) is 94.5 Å². The molecule has 6 nitrogen and oxygen atoms in total. The van der Waals surface area contributed by atoms with Gasteiger partial charge in [-0.1, -0.05) is 91.0 Å². The minimum atomic E-state index is 0.180. The van der Waals surface area contributed by atoms with E-state index in [9.17, 15) is 5.11 Å². The molecule has 2 N–H and O–H groups in total. The number of H-pyrrole nitrogens is 1. The van der Waals surface area contributed by atoms with E-state index >= 15 is 0 Å². The molecule has 6 heteroatoms. The predicted molar refractivity (Wildman–Crippen MR) is 178 cm³/mol. The lowest BCUT2D eigenvalue weighted by molar-refractivity contribution is 0.477. The molecule has 0 aliphatic rings.